The summed E-state index contributed by atoms with van der Waals surface area (Å²) in [4.78, 5) is 39.6. The van der Waals surface area contributed by atoms with E-state index in [0.29, 0.717) is 16.6 Å². The first-order valence-electron chi connectivity index (χ1n) is 6.20. The molecule has 1 atom stereocenters. The van der Waals surface area contributed by atoms with Gasteiger partial charge in [0.2, 0.25) is 0 Å². The molecule has 0 aliphatic rings. The number of ketones is 1. The summed E-state index contributed by atoms with van der Waals surface area (Å²) in [5, 5.41) is 0. The quantitative estimate of drug-likeness (QED) is 0.650. The number of hydrogen-bond donors (Lipinski definition) is 2. The summed E-state index contributed by atoms with van der Waals surface area (Å²) in [6.45, 7) is 5.86. The molecule has 0 spiro atoms. The van der Waals surface area contributed by atoms with Crippen molar-refractivity contribution >= 4 is 16.8 Å². The molecule has 0 aliphatic heterocycles. The zero-order valence-corrected chi connectivity index (χ0v) is 11.1. The molecule has 0 radical (unpaired) electrons. The summed E-state index contributed by atoms with van der Waals surface area (Å²) in [5.41, 5.74) is 0.109. The highest BCUT2D eigenvalue weighted by atomic mass is 16.2. The second-order valence-corrected chi connectivity index (χ2v) is 5.07. The molecule has 1 aromatic carbocycles. The topological polar surface area (TPSA) is 82.8 Å². The van der Waals surface area contributed by atoms with Crippen LogP contribution in [0.1, 0.15) is 31.1 Å². The maximum absolute atomic E-state index is 12.2. The molecule has 0 aliphatic carbocycles. The summed E-state index contributed by atoms with van der Waals surface area (Å²) in [6.07, 6.45) is 0. The summed E-state index contributed by atoms with van der Waals surface area (Å²) in [6, 6.07) is 4.90. The number of rotatable bonds is 3. The zero-order chi connectivity index (χ0) is 14.2. The van der Waals surface area contributed by atoms with E-state index in [1.165, 1.54) is 0 Å². The fraction of sp³-hybridized carbons (Fsp3) is 0.357. The van der Waals surface area contributed by atoms with Gasteiger partial charge < -0.3 is 9.97 Å². The molecule has 1 unspecified atom stereocenters. The van der Waals surface area contributed by atoms with Crippen LogP contribution in [0, 0.1) is 11.8 Å². The van der Waals surface area contributed by atoms with Crippen LogP contribution in [0.4, 0.5) is 0 Å². The largest absolute Gasteiger partial charge is 0.316 e. The summed E-state index contributed by atoms with van der Waals surface area (Å²) < 4.78 is 0. The second-order valence-electron chi connectivity index (χ2n) is 5.07. The molecule has 0 fully saturated rings. The SMILES string of the molecule is CC(C)C(C)C(=O)c1ccc2[nH]c(=O)c(=O)[nH]c2c1. The molecule has 0 amide bonds. The van der Waals surface area contributed by atoms with E-state index in [2.05, 4.69) is 9.97 Å². The van der Waals surface area contributed by atoms with Crippen molar-refractivity contribution in [3.8, 4) is 0 Å². The number of H-pyrrole nitrogens is 2. The van der Waals surface area contributed by atoms with Gasteiger partial charge in [-0.05, 0) is 24.1 Å². The van der Waals surface area contributed by atoms with Crippen molar-refractivity contribution in [2.45, 2.75) is 20.8 Å². The predicted molar refractivity (Wildman–Crippen MR) is 73.5 cm³/mol. The minimum absolute atomic E-state index is 0.0314. The number of benzene rings is 1. The Labute approximate surface area is 109 Å². The summed E-state index contributed by atoms with van der Waals surface area (Å²) >= 11 is 0. The van der Waals surface area contributed by atoms with E-state index in [9.17, 15) is 14.4 Å². The van der Waals surface area contributed by atoms with Gasteiger partial charge in [-0.2, -0.15) is 0 Å². The minimum Gasteiger partial charge on any atom is -0.316 e. The van der Waals surface area contributed by atoms with Crippen LogP contribution in [0.15, 0.2) is 27.8 Å². The Morgan fingerprint density at radius 3 is 2.16 bits per heavy atom. The number of carbonyl (C=O) groups is 1. The first-order valence-corrected chi connectivity index (χ1v) is 6.20. The van der Waals surface area contributed by atoms with Crippen LogP contribution in [0.2, 0.25) is 0 Å². The van der Waals surface area contributed by atoms with Gasteiger partial charge in [-0.15, -0.1) is 0 Å². The summed E-state index contributed by atoms with van der Waals surface area (Å²) in [7, 11) is 0. The Bertz CT molecular complexity index is 740. The molecule has 5 heteroatoms. The molecule has 2 rings (SSSR count). The van der Waals surface area contributed by atoms with Gasteiger partial charge in [0.15, 0.2) is 5.78 Å². The highest BCUT2D eigenvalue weighted by Crippen LogP contribution is 2.18. The van der Waals surface area contributed by atoms with Crippen molar-refractivity contribution in [2.24, 2.45) is 11.8 Å². The van der Waals surface area contributed by atoms with Crippen molar-refractivity contribution in [1.82, 2.24) is 9.97 Å². The molecular formula is C14H16N2O3. The van der Waals surface area contributed by atoms with E-state index in [4.69, 9.17) is 0 Å². The lowest BCUT2D eigenvalue weighted by atomic mass is 9.89. The van der Waals surface area contributed by atoms with E-state index in [0.717, 1.165) is 0 Å². The smallest absolute Gasteiger partial charge is 0.314 e. The van der Waals surface area contributed by atoms with Gasteiger partial charge in [-0.1, -0.05) is 20.8 Å². The molecule has 1 aromatic heterocycles. The van der Waals surface area contributed by atoms with Crippen molar-refractivity contribution < 1.29 is 4.79 Å². The van der Waals surface area contributed by atoms with Gasteiger partial charge in [0, 0.05) is 11.5 Å². The maximum atomic E-state index is 12.2. The van der Waals surface area contributed by atoms with Gasteiger partial charge in [0.05, 0.1) is 11.0 Å². The Morgan fingerprint density at radius 1 is 1.00 bits per heavy atom. The van der Waals surface area contributed by atoms with E-state index in [1.807, 2.05) is 20.8 Å². The Morgan fingerprint density at radius 2 is 1.58 bits per heavy atom. The second kappa shape index (κ2) is 4.84. The fourth-order valence-corrected chi connectivity index (χ4v) is 1.83. The van der Waals surface area contributed by atoms with Gasteiger partial charge in [0.25, 0.3) is 0 Å². The van der Waals surface area contributed by atoms with Crippen LogP contribution in [-0.2, 0) is 0 Å². The van der Waals surface area contributed by atoms with Gasteiger partial charge in [0.1, 0.15) is 0 Å². The third kappa shape index (κ3) is 2.50. The molecule has 2 aromatic rings. The van der Waals surface area contributed by atoms with Crippen molar-refractivity contribution in [1.29, 1.82) is 0 Å². The molecule has 0 saturated heterocycles. The average Bonchev–Trinajstić information content (AvgIpc) is 2.37. The Balaban J connectivity index is 2.53. The number of fused-ring (bicyclic) bond motifs is 1. The van der Waals surface area contributed by atoms with Crippen molar-refractivity contribution in [3.63, 3.8) is 0 Å². The van der Waals surface area contributed by atoms with Crippen molar-refractivity contribution in [3.05, 3.63) is 44.5 Å². The summed E-state index contributed by atoms with van der Waals surface area (Å²) in [5.74, 6) is 0.189. The first-order chi connectivity index (χ1) is 8.90. The number of nitrogens with one attached hydrogen (secondary N) is 2. The number of Topliss-reactive ketones (excluding diaryl/α,β-unsaturated/α-hetero) is 1. The first kappa shape index (κ1) is 13.3. The van der Waals surface area contributed by atoms with E-state index in [1.54, 1.807) is 18.2 Å². The molecule has 5 nitrogen and oxygen atoms in total. The highest BCUT2D eigenvalue weighted by Gasteiger charge is 2.18. The fourth-order valence-electron chi connectivity index (χ4n) is 1.83. The van der Waals surface area contributed by atoms with E-state index < -0.39 is 11.1 Å². The molecule has 0 saturated carbocycles. The van der Waals surface area contributed by atoms with Crippen LogP contribution in [-0.4, -0.2) is 15.8 Å². The monoisotopic (exact) mass is 260 g/mol. The number of aromatic amines is 2. The molecule has 19 heavy (non-hydrogen) atoms. The molecule has 2 N–H and O–H groups in total. The third-order valence-corrected chi connectivity index (χ3v) is 3.42. The predicted octanol–water partition coefficient (Wildman–Crippen LogP) is 1.69. The maximum Gasteiger partial charge on any atom is 0.314 e. The molecule has 0 bridgehead atoms. The number of carbonyl (C=O) groups excluding carboxylic acids is 1. The molecule has 100 valence electrons. The van der Waals surface area contributed by atoms with Gasteiger partial charge in [-0.25, -0.2) is 0 Å². The lowest BCUT2D eigenvalue weighted by Gasteiger charge is -2.14. The number of hydrogen-bond acceptors (Lipinski definition) is 3. The van der Waals surface area contributed by atoms with E-state index in [-0.39, 0.29) is 17.6 Å². The zero-order valence-electron chi connectivity index (χ0n) is 11.1. The Hall–Kier alpha value is -2.17. The lowest BCUT2D eigenvalue weighted by molar-refractivity contribution is 0.0900. The van der Waals surface area contributed by atoms with Crippen LogP contribution in [0.3, 0.4) is 0 Å². The standard InChI is InChI=1S/C14H16N2O3/c1-7(2)8(3)12(17)9-4-5-10-11(6-9)16-14(19)13(18)15-10/h4-8H,1-3H3,(H,15,18)(H,16,19). The van der Waals surface area contributed by atoms with Crippen LogP contribution in [0.25, 0.3) is 11.0 Å². The molecular weight excluding hydrogens is 244 g/mol. The Kier molecular flexibility index (Phi) is 3.38. The normalized spacial score (nSPS) is 12.8. The number of aromatic nitrogens is 2. The van der Waals surface area contributed by atoms with Crippen molar-refractivity contribution in [2.75, 3.05) is 0 Å². The van der Waals surface area contributed by atoms with E-state index >= 15 is 0 Å². The van der Waals surface area contributed by atoms with Gasteiger partial charge in [-0.3, -0.25) is 14.4 Å². The van der Waals surface area contributed by atoms with Gasteiger partial charge >= 0.3 is 11.1 Å². The lowest BCUT2D eigenvalue weighted by Crippen LogP contribution is -2.29. The highest BCUT2D eigenvalue weighted by molar-refractivity contribution is 6.00. The average molecular weight is 260 g/mol. The van der Waals surface area contributed by atoms with Crippen LogP contribution < -0.4 is 11.1 Å². The van der Waals surface area contributed by atoms with Crippen LogP contribution >= 0.6 is 0 Å². The third-order valence-electron chi connectivity index (χ3n) is 3.42. The minimum atomic E-state index is -0.714. The molecule has 1 heterocycles. The van der Waals surface area contributed by atoms with Crippen LogP contribution in [0.5, 0.6) is 0 Å².